The van der Waals surface area contributed by atoms with E-state index in [0.29, 0.717) is 0 Å². The second-order valence-electron chi connectivity index (χ2n) is 8.49. The Hall–Kier alpha value is -2.67. The molecule has 0 radical (unpaired) electrons. The van der Waals surface area contributed by atoms with Crippen LogP contribution in [0.15, 0.2) is 72.9 Å². The summed E-state index contributed by atoms with van der Waals surface area (Å²) in [6, 6.07) is 20.4. The Balaban J connectivity index is 1.81. The molecule has 0 N–H and O–H groups in total. The molecule has 2 heterocycles. The first-order valence-electron chi connectivity index (χ1n) is 10.4. The van der Waals surface area contributed by atoms with Gasteiger partial charge in [-0.2, -0.15) is 4.57 Å². The van der Waals surface area contributed by atoms with Crippen LogP contribution in [0.3, 0.4) is 0 Å². The molecule has 28 heavy (non-hydrogen) atoms. The van der Waals surface area contributed by atoms with Crippen molar-refractivity contribution < 1.29 is 4.57 Å². The smallest absolute Gasteiger partial charge is 0.188 e. The number of hydrogen-bond donors (Lipinski definition) is 0. The van der Waals surface area contributed by atoms with Gasteiger partial charge in [-0.05, 0) is 54.7 Å². The molecule has 1 aliphatic carbocycles. The Bertz CT molecular complexity index is 1140. The molecule has 0 bridgehead atoms. The van der Waals surface area contributed by atoms with Crippen molar-refractivity contribution in [3.63, 3.8) is 0 Å². The first-order chi connectivity index (χ1) is 13.5. The monoisotopic (exact) mass is 366 g/mol. The average molecular weight is 367 g/mol. The first kappa shape index (κ1) is 17.4. The highest BCUT2D eigenvalue weighted by Crippen LogP contribution is 2.70. The zero-order chi connectivity index (χ0) is 19.7. The number of rotatable bonds is 3. The van der Waals surface area contributed by atoms with Crippen molar-refractivity contribution in [2.24, 2.45) is 0 Å². The van der Waals surface area contributed by atoms with Gasteiger partial charge in [0.1, 0.15) is 0 Å². The lowest BCUT2D eigenvalue weighted by atomic mass is 9.78. The molecule has 1 fully saturated rings. The van der Waals surface area contributed by atoms with E-state index in [0.717, 1.165) is 12.8 Å². The number of benzene rings is 2. The van der Waals surface area contributed by atoms with Gasteiger partial charge in [0.15, 0.2) is 6.20 Å². The molecule has 1 aliphatic heterocycles. The number of aryl methyl sites for hydroxylation is 2. The van der Waals surface area contributed by atoms with Crippen LogP contribution >= 0.6 is 0 Å². The second-order valence-corrected chi connectivity index (χ2v) is 8.49. The van der Waals surface area contributed by atoms with Crippen LogP contribution in [0.4, 0.5) is 0 Å². The molecule has 2 unspecified atom stereocenters. The van der Waals surface area contributed by atoms with Crippen LogP contribution in [-0.2, 0) is 11.0 Å². The van der Waals surface area contributed by atoms with Gasteiger partial charge in [-0.1, -0.05) is 56.3 Å². The molecule has 1 aromatic heterocycles. The first-order valence-corrected chi connectivity index (χ1v) is 10.4. The van der Waals surface area contributed by atoms with Crippen LogP contribution in [0.5, 0.6) is 0 Å². The highest BCUT2D eigenvalue weighted by atomic mass is 15.2. The minimum absolute atomic E-state index is 0.0338. The van der Waals surface area contributed by atoms with E-state index in [1.54, 1.807) is 0 Å². The lowest BCUT2D eigenvalue weighted by Crippen LogP contribution is -2.54. The maximum Gasteiger partial charge on any atom is 0.213 e. The summed E-state index contributed by atoms with van der Waals surface area (Å²) in [6.45, 7) is 13.6. The van der Waals surface area contributed by atoms with Crippen molar-refractivity contribution in [2.45, 2.75) is 51.5 Å². The molecule has 1 nitrogen and oxygen atoms in total. The van der Waals surface area contributed by atoms with Gasteiger partial charge in [-0.15, -0.1) is 0 Å². The lowest BCUT2D eigenvalue weighted by molar-refractivity contribution is -0.731. The molecule has 3 aromatic rings. The third kappa shape index (κ3) is 1.85. The fourth-order valence-electron chi connectivity index (χ4n) is 6.03. The second kappa shape index (κ2) is 5.67. The predicted molar refractivity (Wildman–Crippen MR) is 116 cm³/mol. The lowest BCUT2D eigenvalue weighted by Gasteiger charge is -2.28. The van der Waals surface area contributed by atoms with E-state index in [1.807, 2.05) is 0 Å². The Labute approximate surface area is 168 Å². The molecule has 1 heteroatoms. The van der Waals surface area contributed by atoms with Gasteiger partial charge in [0, 0.05) is 24.1 Å². The van der Waals surface area contributed by atoms with Crippen molar-refractivity contribution in [3.8, 4) is 22.4 Å². The van der Waals surface area contributed by atoms with Gasteiger partial charge in [0.25, 0.3) is 0 Å². The van der Waals surface area contributed by atoms with Crippen LogP contribution in [0, 0.1) is 13.8 Å². The zero-order valence-corrected chi connectivity index (χ0v) is 17.3. The maximum atomic E-state index is 4.58. The number of nitrogens with zero attached hydrogens (tertiary/aromatic N) is 1. The predicted octanol–water partition coefficient (Wildman–Crippen LogP) is 6.26. The molecule has 2 atom stereocenters. The number of pyridine rings is 1. The van der Waals surface area contributed by atoms with E-state index in [-0.39, 0.29) is 11.0 Å². The fourth-order valence-corrected chi connectivity index (χ4v) is 6.03. The van der Waals surface area contributed by atoms with Gasteiger partial charge >= 0.3 is 0 Å². The third-order valence-corrected chi connectivity index (χ3v) is 7.43. The van der Waals surface area contributed by atoms with Crippen molar-refractivity contribution in [1.29, 1.82) is 0 Å². The van der Waals surface area contributed by atoms with Gasteiger partial charge in [-0.3, -0.25) is 0 Å². The highest BCUT2D eigenvalue weighted by molar-refractivity contribution is 5.80. The molecule has 140 valence electrons. The maximum absolute atomic E-state index is 4.58. The van der Waals surface area contributed by atoms with E-state index < -0.39 is 0 Å². The standard InChI is InChI=1S/C27H28N/c1-6-26-20(5)27(26,7-2)28-15-9-8-10-25(28)23-17-21(13-14-24(23)26)22-16-18(3)11-12-19(22)4/h8-17H,5-7H2,1-4H3/q+1. The molecule has 0 spiro atoms. The Kier molecular flexibility index (Phi) is 3.53. The number of aromatic nitrogens is 1. The number of fused-ring (bicyclic) bond motifs is 6. The van der Waals surface area contributed by atoms with Crippen LogP contribution < -0.4 is 4.57 Å². The highest BCUT2D eigenvalue weighted by Gasteiger charge is 2.80. The Morgan fingerprint density at radius 3 is 2.46 bits per heavy atom. The van der Waals surface area contributed by atoms with E-state index >= 15 is 0 Å². The summed E-state index contributed by atoms with van der Waals surface area (Å²) in [7, 11) is 0. The molecule has 5 rings (SSSR count). The molecule has 2 aromatic carbocycles. The van der Waals surface area contributed by atoms with Crippen LogP contribution in [0.2, 0.25) is 0 Å². The average Bonchev–Trinajstić information content (AvgIpc) is 3.29. The Morgan fingerprint density at radius 2 is 1.71 bits per heavy atom. The van der Waals surface area contributed by atoms with Crippen LogP contribution in [0.25, 0.3) is 22.4 Å². The number of hydrogen-bond acceptors (Lipinski definition) is 0. The van der Waals surface area contributed by atoms with Crippen molar-refractivity contribution in [3.05, 3.63) is 89.6 Å². The summed E-state index contributed by atoms with van der Waals surface area (Å²) >= 11 is 0. The summed E-state index contributed by atoms with van der Waals surface area (Å²) in [4.78, 5) is 0. The van der Waals surface area contributed by atoms with E-state index in [4.69, 9.17) is 0 Å². The molecule has 0 amide bonds. The molecular formula is C27H28N+. The summed E-state index contributed by atoms with van der Waals surface area (Å²) in [6.07, 6.45) is 4.44. The van der Waals surface area contributed by atoms with E-state index in [1.165, 1.54) is 44.6 Å². The van der Waals surface area contributed by atoms with Gasteiger partial charge in [0.2, 0.25) is 11.2 Å². The molecule has 2 aliphatic rings. The minimum Gasteiger partial charge on any atom is -0.188 e. The fraction of sp³-hybridized carbons (Fsp3) is 0.296. The van der Waals surface area contributed by atoms with Crippen LogP contribution in [0.1, 0.15) is 43.4 Å². The molecule has 1 saturated carbocycles. The number of allylic oxidation sites excluding steroid dienone is 1. The summed E-state index contributed by atoms with van der Waals surface area (Å²) in [5.74, 6) is 0. The van der Waals surface area contributed by atoms with Crippen molar-refractivity contribution >= 4 is 0 Å². The largest absolute Gasteiger partial charge is 0.213 e. The normalized spacial score (nSPS) is 24.4. The topological polar surface area (TPSA) is 3.88 Å². The zero-order valence-electron chi connectivity index (χ0n) is 17.3. The minimum atomic E-state index is 0.0338. The van der Waals surface area contributed by atoms with Crippen molar-refractivity contribution in [1.82, 2.24) is 0 Å². The van der Waals surface area contributed by atoms with Crippen molar-refractivity contribution in [2.75, 3.05) is 0 Å². The van der Waals surface area contributed by atoms with E-state index in [9.17, 15) is 0 Å². The van der Waals surface area contributed by atoms with Gasteiger partial charge in [0.05, 0.1) is 11.0 Å². The SMILES string of the molecule is C=C1C2(CC)c3ccc(-c4cc(C)ccc4C)cc3-c3cccc[n+]3C12CC. The molecular weight excluding hydrogens is 338 g/mol. The van der Waals surface area contributed by atoms with E-state index in [2.05, 4.69) is 99.6 Å². The Morgan fingerprint density at radius 1 is 0.893 bits per heavy atom. The third-order valence-electron chi connectivity index (χ3n) is 7.43. The van der Waals surface area contributed by atoms with Gasteiger partial charge < -0.3 is 0 Å². The summed E-state index contributed by atoms with van der Waals surface area (Å²) in [5.41, 5.74) is 10.9. The summed E-state index contributed by atoms with van der Waals surface area (Å²) < 4.78 is 2.51. The van der Waals surface area contributed by atoms with Crippen LogP contribution in [-0.4, -0.2) is 0 Å². The summed E-state index contributed by atoms with van der Waals surface area (Å²) in [5, 5.41) is 0. The molecule has 0 saturated heterocycles. The quantitative estimate of drug-likeness (QED) is 0.380. The van der Waals surface area contributed by atoms with Gasteiger partial charge in [-0.25, -0.2) is 0 Å².